The first kappa shape index (κ1) is 14.4. The highest BCUT2D eigenvalue weighted by Crippen LogP contribution is 2.26. The molecule has 0 atom stereocenters. The molecule has 3 nitrogen and oxygen atoms in total. The molecule has 0 N–H and O–H groups in total. The molecule has 102 valence electrons. The quantitative estimate of drug-likeness (QED) is 0.856. The topological polar surface area (TPSA) is 30.3 Å². The van der Waals surface area contributed by atoms with Crippen LogP contribution in [0.1, 0.15) is 25.3 Å². The smallest absolute Gasteiger partial charge is 0.100 e. The second-order valence-electron chi connectivity index (χ2n) is 5.05. The predicted octanol–water partition coefficient (Wildman–Crippen LogP) is 3.24. The summed E-state index contributed by atoms with van der Waals surface area (Å²) >= 11 is 3.46. The van der Waals surface area contributed by atoms with Crippen LogP contribution in [0.25, 0.3) is 0 Å². The fourth-order valence-corrected chi connectivity index (χ4v) is 3.10. The highest BCUT2D eigenvalue weighted by Gasteiger charge is 2.22. The molecular formula is C15H20BrN3. The molecule has 0 saturated carbocycles. The highest BCUT2D eigenvalue weighted by molar-refractivity contribution is 9.10. The van der Waals surface area contributed by atoms with Crippen LogP contribution in [0.2, 0.25) is 0 Å². The van der Waals surface area contributed by atoms with Gasteiger partial charge in [0.1, 0.15) is 6.07 Å². The molecule has 2 rings (SSSR count). The first-order valence-electron chi connectivity index (χ1n) is 6.80. The van der Waals surface area contributed by atoms with Gasteiger partial charge in [-0.15, -0.1) is 0 Å². The normalized spacial score (nSPS) is 17.2. The van der Waals surface area contributed by atoms with Crippen molar-refractivity contribution in [2.45, 2.75) is 25.8 Å². The van der Waals surface area contributed by atoms with Gasteiger partial charge in [0.15, 0.2) is 0 Å². The Kier molecular flexibility index (Phi) is 4.84. The molecule has 1 saturated heterocycles. The second-order valence-corrected chi connectivity index (χ2v) is 5.91. The molecular weight excluding hydrogens is 302 g/mol. The maximum Gasteiger partial charge on any atom is 0.100 e. The Morgan fingerprint density at radius 1 is 1.42 bits per heavy atom. The lowest BCUT2D eigenvalue weighted by atomic mass is 10.0. The van der Waals surface area contributed by atoms with Gasteiger partial charge >= 0.3 is 0 Å². The van der Waals surface area contributed by atoms with Crippen molar-refractivity contribution >= 4 is 21.6 Å². The number of benzene rings is 1. The molecule has 0 aromatic heterocycles. The van der Waals surface area contributed by atoms with E-state index in [1.54, 1.807) is 0 Å². The molecule has 0 unspecified atom stereocenters. The summed E-state index contributed by atoms with van der Waals surface area (Å²) in [5, 5.41) is 8.95. The monoisotopic (exact) mass is 321 g/mol. The zero-order valence-electron chi connectivity index (χ0n) is 11.6. The number of nitrogens with zero attached hydrogens (tertiary/aromatic N) is 3. The van der Waals surface area contributed by atoms with E-state index < -0.39 is 0 Å². The number of likely N-dealkylation sites (tertiary alicyclic amines) is 1. The Morgan fingerprint density at radius 3 is 2.63 bits per heavy atom. The van der Waals surface area contributed by atoms with E-state index in [2.05, 4.69) is 45.8 Å². The summed E-state index contributed by atoms with van der Waals surface area (Å²) < 4.78 is 0.880. The highest BCUT2D eigenvalue weighted by atomic mass is 79.9. The minimum Gasteiger partial charge on any atom is -0.371 e. The molecule has 0 spiro atoms. The summed E-state index contributed by atoms with van der Waals surface area (Å²) in [6, 6.07) is 8.75. The average Bonchev–Trinajstić information content (AvgIpc) is 2.46. The first-order valence-corrected chi connectivity index (χ1v) is 7.59. The fraction of sp³-hybridized carbons (Fsp3) is 0.533. The molecule has 4 heteroatoms. The largest absolute Gasteiger partial charge is 0.371 e. The third-order valence-corrected chi connectivity index (χ3v) is 4.69. The van der Waals surface area contributed by atoms with E-state index in [0.29, 0.717) is 11.6 Å². The van der Waals surface area contributed by atoms with E-state index in [1.165, 1.54) is 31.6 Å². The summed E-state index contributed by atoms with van der Waals surface area (Å²) in [4.78, 5) is 4.85. The van der Waals surface area contributed by atoms with Gasteiger partial charge in [-0.25, -0.2) is 0 Å². The van der Waals surface area contributed by atoms with Crippen LogP contribution >= 0.6 is 15.9 Å². The minimum atomic E-state index is 0.600. The average molecular weight is 322 g/mol. The van der Waals surface area contributed by atoms with Crippen molar-refractivity contribution in [3.63, 3.8) is 0 Å². The summed E-state index contributed by atoms with van der Waals surface area (Å²) in [6.45, 7) is 5.74. The van der Waals surface area contributed by atoms with Gasteiger partial charge in [-0.3, -0.25) is 0 Å². The van der Waals surface area contributed by atoms with Crippen LogP contribution < -0.4 is 4.90 Å². The maximum absolute atomic E-state index is 8.95. The lowest BCUT2D eigenvalue weighted by Gasteiger charge is -2.37. The summed E-state index contributed by atoms with van der Waals surface area (Å²) in [6.07, 6.45) is 2.42. The van der Waals surface area contributed by atoms with Crippen molar-refractivity contribution in [3.8, 4) is 6.07 Å². The van der Waals surface area contributed by atoms with Crippen molar-refractivity contribution in [1.82, 2.24) is 4.90 Å². The van der Waals surface area contributed by atoms with Crippen molar-refractivity contribution in [2.75, 3.05) is 31.6 Å². The Bertz CT molecular complexity index is 473. The van der Waals surface area contributed by atoms with Crippen LogP contribution in [0.5, 0.6) is 0 Å². The molecule has 1 aromatic carbocycles. The van der Waals surface area contributed by atoms with Crippen molar-refractivity contribution < 1.29 is 0 Å². The number of hydrogen-bond acceptors (Lipinski definition) is 3. The van der Waals surface area contributed by atoms with Gasteiger partial charge in [0, 0.05) is 36.3 Å². The summed E-state index contributed by atoms with van der Waals surface area (Å²) in [5.41, 5.74) is 1.87. The van der Waals surface area contributed by atoms with Crippen molar-refractivity contribution in [1.29, 1.82) is 5.26 Å². The molecule has 19 heavy (non-hydrogen) atoms. The van der Waals surface area contributed by atoms with E-state index in [0.717, 1.165) is 11.0 Å². The predicted molar refractivity (Wildman–Crippen MR) is 82.4 cm³/mol. The lowest BCUT2D eigenvalue weighted by Crippen LogP contribution is -2.43. The van der Waals surface area contributed by atoms with Gasteiger partial charge < -0.3 is 9.80 Å². The van der Waals surface area contributed by atoms with Crippen LogP contribution in [0.3, 0.4) is 0 Å². The fourth-order valence-electron chi connectivity index (χ4n) is 2.65. The molecule has 1 aliphatic rings. The Balaban J connectivity index is 2.06. The van der Waals surface area contributed by atoms with Crippen LogP contribution in [0.4, 0.5) is 5.69 Å². The zero-order chi connectivity index (χ0) is 13.8. The molecule has 1 aromatic rings. The minimum absolute atomic E-state index is 0.600. The van der Waals surface area contributed by atoms with Crippen molar-refractivity contribution in [3.05, 3.63) is 28.2 Å². The van der Waals surface area contributed by atoms with Crippen molar-refractivity contribution in [2.24, 2.45) is 0 Å². The van der Waals surface area contributed by atoms with E-state index in [9.17, 15) is 0 Å². The van der Waals surface area contributed by atoms with E-state index in [1.807, 2.05) is 18.2 Å². The van der Waals surface area contributed by atoms with Gasteiger partial charge in [-0.1, -0.05) is 6.92 Å². The Labute approximate surface area is 123 Å². The van der Waals surface area contributed by atoms with Crippen LogP contribution in [-0.2, 0) is 0 Å². The van der Waals surface area contributed by atoms with E-state index in [4.69, 9.17) is 5.26 Å². The molecule has 0 amide bonds. The number of halogens is 1. The van der Waals surface area contributed by atoms with Gasteiger partial charge in [0.25, 0.3) is 0 Å². The molecule has 1 fully saturated rings. The van der Waals surface area contributed by atoms with Gasteiger partial charge in [-0.05, 0) is 53.5 Å². The van der Waals surface area contributed by atoms with Crippen LogP contribution in [-0.4, -0.2) is 37.6 Å². The SMILES string of the molecule is CCN1CCC(N(C)c2ccc(C#N)c(Br)c2)CC1. The molecule has 1 heterocycles. The molecule has 1 aliphatic heterocycles. The first-order chi connectivity index (χ1) is 9.15. The summed E-state index contributed by atoms with van der Waals surface area (Å²) in [7, 11) is 2.15. The zero-order valence-corrected chi connectivity index (χ0v) is 13.2. The van der Waals surface area contributed by atoms with Gasteiger partial charge in [0.2, 0.25) is 0 Å². The number of rotatable bonds is 3. The lowest BCUT2D eigenvalue weighted by molar-refractivity contribution is 0.221. The Hall–Kier alpha value is -1.05. The van der Waals surface area contributed by atoms with Gasteiger partial charge in [0.05, 0.1) is 5.56 Å². The Morgan fingerprint density at radius 2 is 2.11 bits per heavy atom. The third-order valence-electron chi connectivity index (χ3n) is 4.03. The number of hydrogen-bond donors (Lipinski definition) is 0. The van der Waals surface area contributed by atoms with E-state index >= 15 is 0 Å². The molecule has 0 radical (unpaired) electrons. The number of nitriles is 1. The second kappa shape index (κ2) is 6.40. The molecule has 0 bridgehead atoms. The van der Waals surface area contributed by atoms with E-state index in [-0.39, 0.29) is 0 Å². The van der Waals surface area contributed by atoms with Crippen LogP contribution in [0, 0.1) is 11.3 Å². The third kappa shape index (κ3) is 3.29. The van der Waals surface area contributed by atoms with Gasteiger partial charge in [-0.2, -0.15) is 5.26 Å². The summed E-state index contributed by atoms with van der Waals surface area (Å²) in [5.74, 6) is 0. The molecule has 0 aliphatic carbocycles. The number of anilines is 1. The number of piperidine rings is 1. The standard InChI is InChI=1S/C15H20BrN3/c1-3-19-8-6-13(7-9-19)18(2)14-5-4-12(11-17)15(16)10-14/h4-5,10,13H,3,6-9H2,1-2H3. The van der Waals surface area contributed by atoms with Crippen LogP contribution in [0.15, 0.2) is 22.7 Å². The maximum atomic E-state index is 8.95.